The first kappa shape index (κ1) is 13.4. The van der Waals surface area contributed by atoms with Gasteiger partial charge in [0.1, 0.15) is 5.75 Å². The fourth-order valence-electron chi connectivity index (χ4n) is 2.26. The van der Waals surface area contributed by atoms with Crippen LogP contribution in [0.3, 0.4) is 0 Å². The molecule has 1 saturated carbocycles. The van der Waals surface area contributed by atoms with Gasteiger partial charge in [-0.25, -0.2) is 0 Å². The van der Waals surface area contributed by atoms with Crippen LogP contribution in [0.5, 0.6) is 5.75 Å². The number of rotatable bonds is 7. The highest BCUT2D eigenvalue weighted by molar-refractivity contribution is 5.36. The van der Waals surface area contributed by atoms with Crippen LogP contribution in [0.1, 0.15) is 37.3 Å². The molecule has 1 aliphatic rings. The van der Waals surface area contributed by atoms with Crippen LogP contribution in [-0.4, -0.2) is 19.7 Å². The third kappa shape index (κ3) is 4.02. The Morgan fingerprint density at radius 3 is 2.83 bits per heavy atom. The van der Waals surface area contributed by atoms with Crippen LogP contribution < -0.4 is 10.1 Å². The molecule has 0 saturated heterocycles. The number of aryl methyl sites for hydroxylation is 2. The molecule has 1 unspecified atom stereocenters. The van der Waals surface area contributed by atoms with E-state index in [1.165, 1.54) is 30.4 Å². The molecule has 0 aliphatic heterocycles. The predicted octanol–water partition coefficient (Wildman–Crippen LogP) is 3.32. The Morgan fingerprint density at radius 1 is 1.39 bits per heavy atom. The molecular formula is C16H25NO. The topological polar surface area (TPSA) is 21.3 Å². The van der Waals surface area contributed by atoms with Crippen LogP contribution in [0.2, 0.25) is 0 Å². The highest BCUT2D eigenvalue weighted by Crippen LogP contribution is 2.23. The van der Waals surface area contributed by atoms with E-state index in [4.69, 9.17) is 4.74 Å². The quantitative estimate of drug-likeness (QED) is 0.798. The molecule has 1 aliphatic carbocycles. The minimum Gasteiger partial charge on any atom is -0.496 e. The van der Waals surface area contributed by atoms with Crippen LogP contribution >= 0.6 is 0 Å². The molecule has 0 radical (unpaired) electrons. The molecule has 0 spiro atoms. The molecule has 18 heavy (non-hydrogen) atoms. The number of methoxy groups -OCH3 is 1. The van der Waals surface area contributed by atoms with Crippen molar-refractivity contribution in [3.05, 3.63) is 29.3 Å². The first-order valence-corrected chi connectivity index (χ1v) is 7.06. The van der Waals surface area contributed by atoms with E-state index in [1.807, 2.05) is 0 Å². The summed E-state index contributed by atoms with van der Waals surface area (Å²) in [6.07, 6.45) is 5.08. The Kier molecular flexibility index (Phi) is 4.65. The van der Waals surface area contributed by atoms with Crippen molar-refractivity contribution in [1.29, 1.82) is 0 Å². The summed E-state index contributed by atoms with van der Waals surface area (Å²) < 4.78 is 5.43. The van der Waals surface area contributed by atoms with E-state index in [2.05, 4.69) is 37.4 Å². The van der Waals surface area contributed by atoms with Crippen LogP contribution in [-0.2, 0) is 6.42 Å². The van der Waals surface area contributed by atoms with Crippen molar-refractivity contribution in [2.24, 2.45) is 5.92 Å². The molecular weight excluding hydrogens is 222 g/mol. The van der Waals surface area contributed by atoms with Crippen molar-refractivity contribution in [3.8, 4) is 5.75 Å². The molecule has 2 rings (SSSR count). The molecule has 1 fully saturated rings. The summed E-state index contributed by atoms with van der Waals surface area (Å²) in [7, 11) is 1.76. The Morgan fingerprint density at radius 2 is 2.17 bits per heavy atom. The molecule has 0 heterocycles. The van der Waals surface area contributed by atoms with Gasteiger partial charge in [-0.3, -0.25) is 0 Å². The highest BCUT2D eigenvalue weighted by atomic mass is 16.5. The lowest BCUT2D eigenvalue weighted by atomic mass is 9.99. The third-order valence-corrected chi connectivity index (χ3v) is 3.67. The first-order valence-electron chi connectivity index (χ1n) is 7.06. The molecule has 0 bridgehead atoms. The molecule has 2 nitrogen and oxygen atoms in total. The first-order chi connectivity index (χ1) is 8.69. The molecule has 1 atom stereocenters. The Balaban J connectivity index is 1.82. The van der Waals surface area contributed by atoms with Gasteiger partial charge in [0.2, 0.25) is 0 Å². The Bertz CT molecular complexity index is 385. The van der Waals surface area contributed by atoms with Gasteiger partial charge in [0.25, 0.3) is 0 Å². The minimum atomic E-state index is 0.732. The second kappa shape index (κ2) is 6.24. The van der Waals surface area contributed by atoms with E-state index in [-0.39, 0.29) is 0 Å². The zero-order valence-corrected chi connectivity index (χ0v) is 11.8. The van der Waals surface area contributed by atoms with Crippen molar-refractivity contribution in [2.75, 3.05) is 13.7 Å². The molecule has 1 N–H and O–H groups in total. The van der Waals surface area contributed by atoms with Gasteiger partial charge < -0.3 is 10.1 Å². The second-order valence-corrected chi connectivity index (χ2v) is 5.64. The Hall–Kier alpha value is -1.02. The van der Waals surface area contributed by atoms with Crippen LogP contribution in [0.4, 0.5) is 0 Å². The average Bonchev–Trinajstić information content (AvgIpc) is 3.18. The molecule has 2 heteroatoms. The van der Waals surface area contributed by atoms with Gasteiger partial charge in [-0.1, -0.05) is 24.6 Å². The number of hydrogen-bond donors (Lipinski definition) is 1. The number of benzene rings is 1. The summed E-state index contributed by atoms with van der Waals surface area (Å²) in [5, 5.41) is 3.60. The maximum Gasteiger partial charge on any atom is 0.122 e. The zero-order valence-electron chi connectivity index (χ0n) is 11.8. The summed E-state index contributed by atoms with van der Waals surface area (Å²) >= 11 is 0. The van der Waals surface area contributed by atoms with Gasteiger partial charge in [0.05, 0.1) is 7.11 Å². The van der Waals surface area contributed by atoms with E-state index < -0.39 is 0 Å². The summed E-state index contributed by atoms with van der Waals surface area (Å²) in [6.45, 7) is 5.62. The smallest absolute Gasteiger partial charge is 0.122 e. The maximum absolute atomic E-state index is 5.43. The van der Waals surface area contributed by atoms with Gasteiger partial charge in [0.15, 0.2) is 0 Å². The van der Waals surface area contributed by atoms with E-state index in [9.17, 15) is 0 Å². The van der Waals surface area contributed by atoms with Gasteiger partial charge in [-0.15, -0.1) is 0 Å². The third-order valence-electron chi connectivity index (χ3n) is 3.67. The lowest BCUT2D eigenvalue weighted by Gasteiger charge is -2.14. The van der Waals surface area contributed by atoms with Gasteiger partial charge >= 0.3 is 0 Å². The van der Waals surface area contributed by atoms with Crippen LogP contribution in [0.15, 0.2) is 18.2 Å². The SMILES string of the molecule is COc1ccc(C)cc1CCC(C)CNC1CC1. The van der Waals surface area contributed by atoms with Crippen LogP contribution in [0.25, 0.3) is 0 Å². The molecule has 1 aromatic rings. The largest absolute Gasteiger partial charge is 0.496 e. The van der Waals surface area contributed by atoms with E-state index >= 15 is 0 Å². The standard InChI is InChI=1S/C16H25NO/c1-12-5-9-16(18-3)14(10-12)6-4-13(2)11-17-15-7-8-15/h5,9-10,13,15,17H,4,6-8,11H2,1-3H3. The summed E-state index contributed by atoms with van der Waals surface area (Å²) in [5.41, 5.74) is 2.66. The normalized spacial score (nSPS) is 16.6. The average molecular weight is 247 g/mol. The fraction of sp³-hybridized carbons (Fsp3) is 0.625. The van der Waals surface area contributed by atoms with E-state index in [0.29, 0.717) is 0 Å². The molecule has 100 valence electrons. The number of hydrogen-bond acceptors (Lipinski definition) is 2. The number of ether oxygens (including phenoxy) is 1. The van der Waals surface area contributed by atoms with Gasteiger partial charge in [-0.2, -0.15) is 0 Å². The monoisotopic (exact) mass is 247 g/mol. The maximum atomic E-state index is 5.43. The second-order valence-electron chi connectivity index (χ2n) is 5.64. The van der Waals surface area contributed by atoms with Crippen molar-refractivity contribution in [1.82, 2.24) is 5.32 Å². The van der Waals surface area contributed by atoms with Crippen molar-refractivity contribution >= 4 is 0 Å². The van der Waals surface area contributed by atoms with Crippen molar-refractivity contribution < 1.29 is 4.74 Å². The predicted molar refractivity (Wildman–Crippen MR) is 76.2 cm³/mol. The molecule has 0 amide bonds. The van der Waals surface area contributed by atoms with Gasteiger partial charge in [0, 0.05) is 6.04 Å². The summed E-state index contributed by atoms with van der Waals surface area (Å²) in [4.78, 5) is 0. The minimum absolute atomic E-state index is 0.732. The van der Waals surface area contributed by atoms with Crippen molar-refractivity contribution in [2.45, 2.75) is 45.6 Å². The van der Waals surface area contributed by atoms with Crippen LogP contribution in [0, 0.1) is 12.8 Å². The summed E-state index contributed by atoms with van der Waals surface area (Å²) in [6, 6.07) is 7.26. The molecule has 1 aromatic carbocycles. The molecule has 0 aromatic heterocycles. The van der Waals surface area contributed by atoms with Crippen molar-refractivity contribution in [3.63, 3.8) is 0 Å². The zero-order chi connectivity index (χ0) is 13.0. The van der Waals surface area contributed by atoms with Gasteiger partial charge in [-0.05, 0) is 56.7 Å². The lowest BCUT2D eigenvalue weighted by molar-refractivity contribution is 0.405. The lowest BCUT2D eigenvalue weighted by Crippen LogP contribution is -2.23. The summed E-state index contributed by atoms with van der Waals surface area (Å²) in [5.74, 6) is 1.76. The fourth-order valence-corrected chi connectivity index (χ4v) is 2.26. The highest BCUT2D eigenvalue weighted by Gasteiger charge is 2.20. The van der Waals surface area contributed by atoms with E-state index in [1.54, 1.807) is 7.11 Å². The van der Waals surface area contributed by atoms with E-state index in [0.717, 1.165) is 30.7 Å². The Labute approximate surface area is 111 Å². The number of nitrogens with one attached hydrogen (secondary N) is 1.